The number of pyridine rings is 2. The highest BCUT2D eigenvalue weighted by Crippen LogP contribution is 2.40. The van der Waals surface area contributed by atoms with Gasteiger partial charge in [0.15, 0.2) is 11.4 Å². The Balaban J connectivity index is 0.00000343. The summed E-state index contributed by atoms with van der Waals surface area (Å²) >= 11 is 0. The lowest BCUT2D eigenvalue weighted by Gasteiger charge is -2.43. The van der Waals surface area contributed by atoms with Crippen molar-refractivity contribution >= 4 is 35.4 Å². The van der Waals surface area contributed by atoms with Crippen molar-refractivity contribution in [1.82, 2.24) is 19.4 Å². The molecule has 1 N–H and O–H groups in total. The third-order valence-electron chi connectivity index (χ3n) is 10.00. The normalized spacial score (nSPS) is 24.6. The zero-order valence-electron chi connectivity index (χ0n) is 25.2. The first kappa shape index (κ1) is 30.6. The van der Waals surface area contributed by atoms with E-state index in [1.165, 1.54) is 19.3 Å². The summed E-state index contributed by atoms with van der Waals surface area (Å²) in [5.74, 6) is -0.387. The molecule has 44 heavy (non-hydrogen) atoms. The molecule has 1 aromatic carbocycles. The quantitative estimate of drug-likeness (QED) is 0.325. The molecule has 11 heteroatoms. The number of likely N-dealkylation sites (tertiary alicyclic amines) is 2. The molecule has 2 unspecified atom stereocenters. The van der Waals surface area contributed by atoms with Gasteiger partial charge in [0, 0.05) is 35.1 Å². The van der Waals surface area contributed by atoms with Gasteiger partial charge in [-0.2, -0.15) is 0 Å². The van der Waals surface area contributed by atoms with Crippen LogP contribution in [0.2, 0.25) is 0 Å². The fourth-order valence-corrected chi connectivity index (χ4v) is 7.49. The summed E-state index contributed by atoms with van der Waals surface area (Å²) < 4.78 is 12.8. The van der Waals surface area contributed by atoms with Crippen molar-refractivity contribution in [3.8, 4) is 17.1 Å². The number of carbonyl (C=O) groups excluding carboxylic acids is 2. The van der Waals surface area contributed by atoms with Gasteiger partial charge in [0.2, 0.25) is 0 Å². The van der Waals surface area contributed by atoms with Gasteiger partial charge < -0.3 is 28.9 Å². The molecule has 0 bridgehead atoms. The Hall–Kier alpha value is -3.47. The lowest BCUT2D eigenvalue weighted by Crippen LogP contribution is -2.53. The van der Waals surface area contributed by atoms with Gasteiger partial charge in [-0.3, -0.25) is 4.79 Å². The summed E-state index contributed by atoms with van der Waals surface area (Å²) in [6.45, 7) is 6.91. The van der Waals surface area contributed by atoms with Gasteiger partial charge in [0.1, 0.15) is 12.1 Å². The van der Waals surface area contributed by atoms with Crippen molar-refractivity contribution in [1.29, 1.82) is 0 Å². The van der Waals surface area contributed by atoms with Gasteiger partial charge in [-0.1, -0.05) is 32.4 Å². The van der Waals surface area contributed by atoms with Crippen LogP contribution >= 0.6 is 12.4 Å². The predicted octanol–water partition coefficient (Wildman–Crippen LogP) is 4.73. The first-order valence-electron chi connectivity index (χ1n) is 15.6. The highest BCUT2D eigenvalue weighted by Gasteiger charge is 2.45. The van der Waals surface area contributed by atoms with Crippen LogP contribution in [-0.4, -0.2) is 68.2 Å². The number of benzene rings is 1. The van der Waals surface area contributed by atoms with Crippen LogP contribution in [0.3, 0.4) is 0 Å². The number of carbonyl (C=O) groups is 2. The van der Waals surface area contributed by atoms with Gasteiger partial charge in [-0.15, -0.1) is 12.4 Å². The number of cyclic esters (lactones) is 1. The summed E-state index contributed by atoms with van der Waals surface area (Å²) in [7, 11) is 0. The SMILES string of the molecule is CCC1CC(N2CCCCC2)CCN1C(=O)Oc1cccc2cc3c(nc12)-c1cc2c(c(=O)n1C3)COC(=O)[C@]2(O)CC.Cl. The number of piperidine rings is 2. The second-order valence-corrected chi connectivity index (χ2v) is 12.3. The van der Waals surface area contributed by atoms with Gasteiger partial charge in [0.05, 0.1) is 23.5 Å². The number of amides is 1. The van der Waals surface area contributed by atoms with Gasteiger partial charge in [-0.25, -0.2) is 14.6 Å². The summed E-state index contributed by atoms with van der Waals surface area (Å²) in [5, 5.41) is 12.0. The second-order valence-electron chi connectivity index (χ2n) is 12.3. The molecule has 0 saturated carbocycles. The van der Waals surface area contributed by atoms with E-state index in [0.717, 1.165) is 43.3 Å². The minimum absolute atomic E-state index is 0. The van der Waals surface area contributed by atoms with Crippen LogP contribution in [0.4, 0.5) is 4.79 Å². The zero-order valence-corrected chi connectivity index (χ0v) is 26.0. The maximum absolute atomic E-state index is 13.6. The lowest BCUT2D eigenvalue weighted by atomic mass is 9.86. The first-order chi connectivity index (χ1) is 20.8. The zero-order chi connectivity index (χ0) is 29.9. The molecule has 3 aromatic rings. The fourth-order valence-electron chi connectivity index (χ4n) is 7.49. The Morgan fingerprint density at radius 3 is 2.68 bits per heavy atom. The van der Waals surface area contributed by atoms with E-state index in [9.17, 15) is 19.5 Å². The molecule has 1 amide bonds. The minimum Gasteiger partial charge on any atom is -0.458 e. The average molecular weight is 623 g/mol. The maximum atomic E-state index is 13.6. The van der Waals surface area contributed by atoms with Gasteiger partial charge >= 0.3 is 12.1 Å². The van der Waals surface area contributed by atoms with Crippen LogP contribution in [0.5, 0.6) is 5.75 Å². The van der Waals surface area contributed by atoms with Crippen LogP contribution in [0.25, 0.3) is 22.3 Å². The highest BCUT2D eigenvalue weighted by molar-refractivity contribution is 5.91. The number of halogens is 1. The number of hydrogen-bond donors (Lipinski definition) is 1. The van der Waals surface area contributed by atoms with E-state index in [-0.39, 0.29) is 54.3 Å². The number of ether oxygens (including phenoxy) is 2. The molecular weight excluding hydrogens is 584 g/mol. The smallest absolute Gasteiger partial charge is 0.415 e. The van der Waals surface area contributed by atoms with Gasteiger partial charge in [0.25, 0.3) is 5.56 Å². The Labute approximate surface area is 262 Å². The van der Waals surface area contributed by atoms with Gasteiger partial charge in [-0.05, 0) is 69.8 Å². The molecule has 10 nitrogen and oxygen atoms in total. The number of rotatable bonds is 4. The third kappa shape index (κ3) is 4.87. The molecule has 234 valence electrons. The van der Waals surface area contributed by atoms with Crippen molar-refractivity contribution in [2.24, 2.45) is 0 Å². The molecule has 0 spiro atoms. The molecule has 4 aliphatic rings. The number of aliphatic hydroxyl groups is 1. The molecule has 7 rings (SSSR count). The summed E-state index contributed by atoms with van der Waals surface area (Å²) in [5.41, 5.74) is 0.822. The number of nitrogens with zero attached hydrogens (tertiary/aromatic N) is 4. The Morgan fingerprint density at radius 1 is 1.14 bits per heavy atom. The van der Waals surface area contributed by atoms with E-state index in [1.54, 1.807) is 23.6 Å². The molecule has 0 radical (unpaired) electrons. The molecule has 4 aliphatic heterocycles. The summed E-state index contributed by atoms with van der Waals surface area (Å²) in [4.78, 5) is 49.0. The molecule has 2 saturated heterocycles. The van der Waals surface area contributed by atoms with Crippen LogP contribution in [0, 0.1) is 0 Å². The molecule has 3 atom stereocenters. The van der Waals surface area contributed by atoms with Crippen molar-refractivity contribution in [2.45, 2.75) is 89.6 Å². The monoisotopic (exact) mass is 622 g/mol. The molecular formula is C33H39ClN4O6. The Morgan fingerprint density at radius 2 is 1.93 bits per heavy atom. The minimum atomic E-state index is -1.89. The van der Waals surface area contributed by atoms with E-state index in [0.29, 0.717) is 41.8 Å². The summed E-state index contributed by atoms with van der Waals surface area (Å²) in [6, 6.07) is 9.80. The number of aromatic nitrogens is 2. The number of hydrogen-bond acceptors (Lipinski definition) is 8. The number of esters is 1. The highest BCUT2D eigenvalue weighted by atomic mass is 35.5. The second kappa shape index (κ2) is 11.8. The number of fused-ring (bicyclic) bond motifs is 5. The predicted molar refractivity (Wildman–Crippen MR) is 167 cm³/mol. The topological polar surface area (TPSA) is 114 Å². The molecule has 2 aromatic heterocycles. The molecule has 6 heterocycles. The van der Waals surface area contributed by atoms with E-state index in [4.69, 9.17) is 14.5 Å². The molecule has 0 aliphatic carbocycles. The Kier molecular flexibility index (Phi) is 8.19. The summed E-state index contributed by atoms with van der Waals surface area (Å²) in [6.07, 6.45) is 6.30. The van der Waals surface area contributed by atoms with Crippen LogP contribution < -0.4 is 10.3 Å². The van der Waals surface area contributed by atoms with E-state index in [1.807, 2.05) is 23.1 Å². The van der Waals surface area contributed by atoms with Crippen molar-refractivity contribution in [3.05, 3.63) is 57.4 Å². The first-order valence-corrected chi connectivity index (χ1v) is 15.6. The van der Waals surface area contributed by atoms with E-state index >= 15 is 0 Å². The van der Waals surface area contributed by atoms with Crippen molar-refractivity contribution in [3.63, 3.8) is 0 Å². The third-order valence-corrected chi connectivity index (χ3v) is 10.00. The number of para-hydroxylation sites is 1. The fraction of sp³-hybridized carbons (Fsp3) is 0.515. The maximum Gasteiger partial charge on any atom is 0.415 e. The largest absolute Gasteiger partial charge is 0.458 e. The van der Waals surface area contributed by atoms with E-state index in [2.05, 4.69) is 11.8 Å². The van der Waals surface area contributed by atoms with Crippen LogP contribution in [-0.2, 0) is 28.3 Å². The lowest BCUT2D eigenvalue weighted by molar-refractivity contribution is -0.172. The van der Waals surface area contributed by atoms with Crippen molar-refractivity contribution < 1.29 is 24.2 Å². The van der Waals surface area contributed by atoms with Crippen LogP contribution in [0.1, 0.15) is 75.5 Å². The Bertz CT molecular complexity index is 1680. The van der Waals surface area contributed by atoms with Crippen LogP contribution in [0.15, 0.2) is 35.1 Å². The standard InChI is InChI=1S/C33H38N4O6.ClH/c1-3-22-16-23(35-12-6-5-7-13-35)11-14-36(22)32(40)43-27-10-8-9-20-15-21-18-37-26(28(21)34-29(20)27)17-25-24(30(37)38)19-42-31(39)33(25,41)4-2;/h8-10,15,17,22-23,41H,3-7,11-14,16,18-19H2,1-2H3;1H/t22?,23?,33-;/m0./s1. The molecule has 2 fully saturated rings. The van der Waals surface area contributed by atoms with E-state index < -0.39 is 11.6 Å². The van der Waals surface area contributed by atoms with Crippen molar-refractivity contribution in [2.75, 3.05) is 19.6 Å². The average Bonchev–Trinajstić information content (AvgIpc) is 3.40.